The molecule has 0 spiro atoms. The van der Waals surface area contributed by atoms with Crippen molar-refractivity contribution < 1.29 is 9.53 Å². The second kappa shape index (κ2) is 9.40. The Balaban J connectivity index is 1.72. The number of methoxy groups -OCH3 is 1. The summed E-state index contributed by atoms with van der Waals surface area (Å²) in [6.07, 6.45) is 0. The molecule has 140 valence electrons. The highest BCUT2D eigenvalue weighted by Gasteiger charge is 2.11. The van der Waals surface area contributed by atoms with Gasteiger partial charge in [0.15, 0.2) is 0 Å². The molecule has 0 fully saturated rings. The Hall–Kier alpha value is -2.82. The standard InChI is InChI=1S/C21H16BrN3O2S/c1-27-18-9-2-14(3-10-18)19-11-4-15(12-23)21(25-19)28-13-20(26)24-17-7-5-16(22)6-8-17/h2-11H,13H2,1H3,(H,24,26). The van der Waals surface area contributed by atoms with Crippen LogP contribution in [0.15, 0.2) is 70.2 Å². The van der Waals surface area contributed by atoms with Gasteiger partial charge in [-0.15, -0.1) is 0 Å². The number of nitriles is 1. The molecular weight excluding hydrogens is 438 g/mol. The molecule has 0 unspecified atom stereocenters. The van der Waals surface area contributed by atoms with Crippen molar-refractivity contribution >= 4 is 39.3 Å². The Morgan fingerprint density at radius 3 is 2.50 bits per heavy atom. The van der Waals surface area contributed by atoms with E-state index in [-0.39, 0.29) is 11.7 Å². The first-order valence-corrected chi connectivity index (χ1v) is 10.1. The van der Waals surface area contributed by atoms with Gasteiger partial charge in [-0.2, -0.15) is 5.26 Å². The van der Waals surface area contributed by atoms with E-state index in [1.54, 1.807) is 19.2 Å². The summed E-state index contributed by atoms with van der Waals surface area (Å²) in [5.74, 6) is 0.758. The minimum absolute atomic E-state index is 0.157. The number of nitrogens with one attached hydrogen (secondary N) is 1. The third-order valence-corrected chi connectivity index (χ3v) is 5.35. The van der Waals surface area contributed by atoms with Crippen LogP contribution in [0.5, 0.6) is 5.75 Å². The molecule has 3 aromatic rings. The fraction of sp³-hybridized carbons (Fsp3) is 0.0952. The minimum atomic E-state index is -0.159. The fourth-order valence-electron chi connectivity index (χ4n) is 2.42. The van der Waals surface area contributed by atoms with E-state index in [9.17, 15) is 10.1 Å². The summed E-state index contributed by atoms with van der Waals surface area (Å²) in [6, 6.07) is 20.5. The molecule has 1 heterocycles. The highest BCUT2D eigenvalue weighted by atomic mass is 79.9. The van der Waals surface area contributed by atoms with Gasteiger partial charge in [-0.25, -0.2) is 4.98 Å². The van der Waals surface area contributed by atoms with Crippen molar-refractivity contribution in [3.63, 3.8) is 0 Å². The molecule has 3 rings (SSSR count). The highest BCUT2D eigenvalue weighted by molar-refractivity contribution is 9.10. The lowest BCUT2D eigenvalue weighted by atomic mass is 10.1. The average molecular weight is 454 g/mol. The first-order valence-electron chi connectivity index (χ1n) is 8.33. The fourth-order valence-corrected chi connectivity index (χ4v) is 3.46. The minimum Gasteiger partial charge on any atom is -0.497 e. The molecule has 0 bridgehead atoms. The summed E-state index contributed by atoms with van der Waals surface area (Å²) in [5.41, 5.74) is 2.80. The van der Waals surface area contributed by atoms with Crippen molar-refractivity contribution in [2.24, 2.45) is 0 Å². The van der Waals surface area contributed by atoms with Crippen LogP contribution in [0.3, 0.4) is 0 Å². The van der Waals surface area contributed by atoms with Crippen molar-refractivity contribution in [3.8, 4) is 23.1 Å². The number of carbonyl (C=O) groups excluding carboxylic acids is 1. The number of hydrogen-bond donors (Lipinski definition) is 1. The van der Waals surface area contributed by atoms with E-state index in [0.717, 1.165) is 21.5 Å². The second-order valence-electron chi connectivity index (χ2n) is 5.73. The van der Waals surface area contributed by atoms with Gasteiger partial charge in [-0.05, 0) is 60.7 Å². The van der Waals surface area contributed by atoms with Gasteiger partial charge in [0.25, 0.3) is 0 Å². The Labute approximate surface area is 175 Å². The van der Waals surface area contributed by atoms with Crippen molar-refractivity contribution in [2.75, 3.05) is 18.2 Å². The van der Waals surface area contributed by atoms with Crippen LogP contribution in [0, 0.1) is 11.3 Å². The quantitative estimate of drug-likeness (QED) is 0.524. The van der Waals surface area contributed by atoms with Gasteiger partial charge in [0.2, 0.25) is 5.91 Å². The molecule has 0 aliphatic carbocycles. The van der Waals surface area contributed by atoms with E-state index in [1.165, 1.54) is 11.8 Å². The molecule has 0 saturated heterocycles. The average Bonchev–Trinajstić information content (AvgIpc) is 2.73. The number of aromatic nitrogens is 1. The molecule has 5 nitrogen and oxygen atoms in total. The van der Waals surface area contributed by atoms with Crippen LogP contribution in [0.4, 0.5) is 5.69 Å². The Kier molecular flexibility index (Phi) is 6.69. The van der Waals surface area contributed by atoms with Crippen LogP contribution < -0.4 is 10.1 Å². The third-order valence-electron chi connectivity index (χ3n) is 3.83. The van der Waals surface area contributed by atoms with Crippen molar-refractivity contribution in [2.45, 2.75) is 5.03 Å². The molecule has 0 aliphatic heterocycles. The largest absolute Gasteiger partial charge is 0.497 e. The number of anilines is 1. The van der Waals surface area contributed by atoms with Crippen LogP contribution in [0.25, 0.3) is 11.3 Å². The zero-order chi connectivity index (χ0) is 19.9. The van der Waals surface area contributed by atoms with E-state index in [2.05, 4.69) is 32.3 Å². The molecular formula is C21H16BrN3O2S. The van der Waals surface area contributed by atoms with Crippen molar-refractivity contribution in [1.82, 2.24) is 4.98 Å². The number of ether oxygens (including phenoxy) is 1. The predicted octanol–water partition coefficient (Wildman–Crippen LogP) is 5.12. The molecule has 0 radical (unpaired) electrons. The van der Waals surface area contributed by atoms with Crippen LogP contribution in [-0.2, 0) is 4.79 Å². The smallest absolute Gasteiger partial charge is 0.234 e. The molecule has 1 N–H and O–H groups in total. The maximum atomic E-state index is 12.2. The normalized spacial score (nSPS) is 10.2. The molecule has 1 aromatic heterocycles. The first kappa shape index (κ1) is 19.9. The van der Waals surface area contributed by atoms with Crippen LogP contribution in [0.1, 0.15) is 5.56 Å². The van der Waals surface area contributed by atoms with E-state index in [1.807, 2.05) is 48.5 Å². The van der Waals surface area contributed by atoms with Crippen LogP contribution in [-0.4, -0.2) is 23.8 Å². The number of benzene rings is 2. The molecule has 0 saturated carbocycles. The Morgan fingerprint density at radius 1 is 1.14 bits per heavy atom. The number of hydrogen-bond acceptors (Lipinski definition) is 5. The highest BCUT2D eigenvalue weighted by Crippen LogP contribution is 2.26. The van der Waals surface area contributed by atoms with Gasteiger partial charge in [0.1, 0.15) is 16.8 Å². The summed E-state index contributed by atoms with van der Waals surface area (Å²) in [6.45, 7) is 0. The van der Waals surface area contributed by atoms with E-state index in [4.69, 9.17) is 4.74 Å². The van der Waals surface area contributed by atoms with Crippen LogP contribution in [0.2, 0.25) is 0 Å². The van der Waals surface area contributed by atoms with Crippen LogP contribution >= 0.6 is 27.7 Å². The molecule has 7 heteroatoms. The van der Waals surface area contributed by atoms with Gasteiger partial charge in [0, 0.05) is 15.7 Å². The molecule has 0 atom stereocenters. The van der Waals surface area contributed by atoms with E-state index >= 15 is 0 Å². The maximum Gasteiger partial charge on any atom is 0.234 e. The second-order valence-corrected chi connectivity index (χ2v) is 7.61. The SMILES string of the molecule is COc1ccc(-c2ccc(C#N)c(SCC(=O)Nc3ccc(Br)cc3)n2)cc1. The molecule has 1 amide bonds. The number of thioether (sulfide) groups is 1. The number of carbonyl (C=O) groups is 1. The Bertz CT molecular complexity index is 1020. The number of amides is 1. The van der Waals surface area contributed by atoms with Gasteiger partial charge < -0.3 is 10.1 Å². The summed E-state index contributed by atoms with van der Waals surface area (Å²) < 4.78 is 6.11. The zero-order valence-electron chi connectivity index (χ0n) is 15.0. The number of pyridine rings is 1. The Morgan fingerprint density at radius 2 is 1.86 bits per heavy atom. The van der Waals surface area contributed by atoms with Gasteiger partial charge in [-0.3, -0.25) is 4.79 Å². The monoisotopic (exact) mass is 453 g/mol. The maximum absolute atomic E-state index is 12.2. The van der Waals surface area contributed by atoms with E-state index in [0.29, 0.717) is 16.3 Å². The van der Waals surface area contributed by atoms with Gasteiger partial charge >= 0.3 is 0 Å². The van der Waals surface area contributed by atoms with Crippen molar-refractivity contribution in [3.05, 3.63) is 70.7 Å². The summed E-state index contributed by atoms with van der Waals surface area (Å²) in [5, 5.41) is 12.7. The first-order chi connectivity index (χ1) is 13.6. The number of rotatable bonds is 6. The van der Waals surface area contributed by atoms with Gasteiger partial charge in [0.05, 0.1) is 24.1 Å². The van der Waals surface area contributed by atoms with Gasteiger partial charge in [-0.1, -0.05) is 27.7 Å². The number of halogens is 1. The molecule has 0 aliphatic rings. The summed E-state index contributed by atoms with van der Waals surface area (Å²) >= 11 is 4.60. The third kappa shape index (κ3) is 5.12. The van der Waals surface area contributed by atoms with Crippen molar-refractivity contribution in [1.29, 1.82) is 5.26 Å². The zero-order valence-corrected chi connectivity index (χ0v) is 17.4. The lowest BCUT2D eigenvalue weighted by Crippen LogP contribution is -2.14. The summed E-state index contributed by atoms with van der Waals surface area (Å²) in [7, 11) is 1.61. The summed E-state index contributed by atoms with van der Waals surface area (Å²) in [4.78, 5) is 16.8. The number of nitrogens with zero attached hydrogens (tertiary/aromatic N) is 2. The van der Waals surface area contributed by atoms with E-state index < -0.39 is 0 Å². The molecule has 2 aromatic carbocycles. The lowest BCUT2D eigenvalue weighted by molar-refractivity contribution is -0.113. The predicted molar refractivity (Wildman–Crippen MR) is 114 cm³/mol. The molecule has 28 heavy (non-hydrogen) atoms. The lowest BCUT2D eigenvalue weighted by Gasteiger charge is -2.08. The topological polar surface area (TPSA) is 75.0 Å².